The number of rotatable bonds is 2. The molecule has 23 heavy (non-hydrogen) atoms. The fourth-order valence-electron chi connectivity index (χ4n) is 6.13. The van der Waals surface area contributed by atoms with Crippen molar-refractivity contribution in [3.05, 3.63) is 12.2 Å². The van der Waals surface area contributed by atoms with E-state index >= 15 is 0 Å². The lowest BCUT2D eigenvalue weighted by atomic mass is 9.58. The summed E-state index contributed by atoms with van der Waals surface area (Å²) in [5, 5.41) is 0. The summed E-state index contributed by atoms with van der Waals surface area (Å²) in [7, 11) is 0. The first kappa shape index (κ1) is 16.5. The fourth-order valence-corrected chi connectivity index (χ4v) is 6.13. The summed E-state index contributed by atoms with van der Waals surface area (Å²) in [6, 6.07) is 0. The molecule has 0 amide bonds. The Morgan fingerprint density at radius 1 is 1.04 bits per heavy atom. The summed E-state index contributed by atoms with van der Waals surface area (Å²) in [4.78, 5) is 23.4. The molecule has 2 bridgehead atoms. The van der Waals surface area contributed by atoms with Gasteiger partial charge in [-0.2, -0.15) is 0 Å². The van der Waals surface area contributed by atoms with Gasteiger partial charge in [0.25, 0.3) is 0 Å². The van der Waals surface area contributed by atoms with Crippen LogP contribution >= 0.6 is 0 Å². The molecule has 0 spiro atoms. The highest BCUT2D eigenvalue weighted by Gasteiger charge is 2.74. The van der Waals surface area contributed by atoms with Crippen molar-refractivity contribution in [2.75, 3.05) is 0 Å². The first-order valence-electron chi connectivity index (χ1n) is 8.60. The van der Waals surface area contributed by atoms with E-state index in [4.69, 9.17) is 9.47 Å². The van der Waals surface area contributed by atoms with Gasteiger partial charge in [-0.3, -0.25) is 9.59 Å². The summed E-state index contributed by atoms with van der Waals surface area (Å²) in [5.41, 5.74) is 0.919. The molecular formula is C19H28O4. The molecule has 0 aromatic carbocycles. The first-order valence-corrected chi connectivity index (χ1v) is 8.60. The van der Waals surface area contributed by atoms with Crippen LogP contribution in [-0.2, 0) is 19.1 Å². The van der Waals surface area contributed by atoms with E-state index in [-0.39, 0.29) is 28.2 Å². The summed E-state index contributed by atoms with van der Waals surface area (Å²) in [5.74, 6) is -0.357. The molecule has 3 rings (SSSR count). The van der Waals surface area contributed by atoms with Crippen molar-refractivity contribution < 1.29 is 19.1 Å². The zero-order valence-electron chi connectivity index (χ0n) is 14.9. The maximum atomic E-state index is 11.8. The van der Waals surface area contributed by atoms with E-state index < -0.39 is 12.2 Å². The minimum absolute atomic E-state index is 0.0582. The molecular weight excluding hydrogens is 292 g/mol. The lowest BCUT2D eigenvalue weighted by Crippen LogP contribution is -2.54. The minimum Gasteiger partial charge on any atom is -0.458 e. The Labute approximate surface area is 138 Å². The molecule has 3 aliphatic rings. The van der Waals surface area contributed by atoms with Crippen LogP contribution in [0, 0.1) is 22.2 Å². The number of carbonyl (C=O) groups is 2. The van der Waals surface area contributed by atoms with Gasteiger partial charge in [-0.1, -0.05) is 33.8 Å². The number of carbonyl (C=O) groups excluding carboxylic acids is 2. The van der Waals surface area contributed by atoms with Crippen LogP contribution in [0.3, 0.4) is 0 Å². The molecule has 4 heteroatoms. The second-order valence-electron chi connectivity index (χ2n) is 8.41. The highest BCUT2D eigenvalue weighted by Crippen LogP contribution is 2.77. The van der Waals surface area contributed by atoms with E-state index in [1.54, 1.807) is 0 Å². The molecule has 0 saturated heterocycles. The first-order chi connectivity index (χ1) is 10.6. The number of esters is 2. The van der Waals surface area contributed by atoms with Crippen molar-refractivity contribution in [1.29, 1.82) is 0 Å². The molecule has 4 nitrogen and oxygen atoms in total. The van der Waals surface area contributed by atoms with E-state index in [1.807, 2.05) is 0 Å². The van der Waals surface area contributed by atoms with Gasteiger partial charge < -0.3 is 9.47 Å². The van der Waals surface area contributed by atoms with Gasteiger partial charge >= 0.3 is 11.9 Å². The van der Waals surface area contributed by atoms with Crippen LogP contribution in [0.15, 0.2) is 12.2 Å². The third-order valence-corrected chi connectivity index (χ3v) is 7.59. The Balaban J connectivity index is 2.12. The van der Waals surface area contributed by atoms with E-state index in [0.29, 0.717) is 5.92 Å². The van der Waals surface area contributed by atoms with Crippen LogP contribution in [0.5, 0.6) is 0 Å². The van der Waals surface area contributed by atoms with E-state index in [1.165, 1.54) is 20.3 Å². The molecule has 0 heterocycles. The van der Waals surface area contributed by atoms with Crippen molar-refractivity contribution >= 4 is 11.9 Å². The number of hydrogen-bond acceptors (Lipinski definition) is 4. The van der Waals surface area contributed by atoms with Gasteiger partial charge in [0.05, 0.1) is 0 Å². The van der Waals surface area contributed by atoms with Crippen LogP contribution < -0.4 is 0 Å². The lowest BCUT2D eigenvalue weighted by Gasteiger charge is -2.49. The third kappa shape index (κ3) is 1.90. The summed E-state index contributed by atoms with van der Waals surface area (Å²) in [6.45, 7) is 14.0. The summed E-state index contributed by atoms with van der Waals surface area (Å²) < 4.78 is 11.4. The molecule has 1 unspecified atom stereocenters. The maximum absolute atomic E-state index is 11.8. The van der Waals surface area contributed by atoms with Gasteiger partial charge in [-0.05, 0) is 41.6 Å². The molecule has 0 aliphatic heterocycles. The topological polar surface area (TPSA) is 52.6 Å². The molecule has 3 saturated carbocycles. The second kappa shape index (κ2) is 4.84. The molecule has 0 aromatic heterocycles. The van der Waals surface area contributed by atoms with Crippen molar-refractivity contribution in [2.24, 2.45) is 22.2 Å². The average Bonchev–Trinajstić information content (AvgIpc) is 2.81. The van der Waals surface area contributed by atoms with Gasteiger partial charge in [0, 0.05) is 19.3 Å². The fraction of sp³-hybridized carbons (Fsp3) is 0.789. The predicted octanol–water partition coefficient (Wildman–Crippen LogP) is 3.64. The third-order valence-electron chi connectivity index (χ3n) is 7.59. The quantitative estimate of drug-likeness (QED) is 0.576. The molecule has 0 N–H and O–H groups in total. The van der Waals surface area contributed by atoms with Gasteiger partial charge in [0.2, 0.25) is 0 Å². The van der Waals surface area contributed by atoms with Crippen molar-refractivity contribution in [2.45, 2.75) is 72.5 Å². The Morgan fingerprint density at radius 3 is 2.22 bits per heavy atom. The normalized spacial score (nSPS) is 48.0. The average molecular weight is 320 g/mol. The van der Waals surface area contributed by atoms with Gasteiger partial charge in [-0.15, -0.1) is 0 Å². The highest BCUT2D eigenvalue weighted by atomic mass is 16.6. The van der Waals surface area contributed by atoms with Crippen LogP contribution in [0.1, 0.15) is 60.3 Å². The van der Waals surface area contributed by atoms with E-state index in [0.717, 1.165) is 24.8 Å². The zero-order chi connectivity index (χ0) is 17.2. The van der Waals surface area contributed by atoms with Gasteiger partial charge in [-0.25, -0.2) is 0 Å². The van der Waals surface area contributed by atoms with Gasteiger partial charge in [0.1, 0.15) is 6.10 Å². The molecule has 3 aliphatic carbocycles. The SMILES string of the molecule is C=C1C2C[C@@](C)([C@@H](OC(C)=O)[C@H]1OC(C)=O)[C@@]1(C)CCC[C@@]21C. The smallest absolute Gasteiger partial charge is 0.303 e. The Morgan fingerprint density at radius 2 is 1.65 bits per heavy atom. The van der Waals surface area contributed by atoms with E-state index in [2.05, 4.69) is 27.4 Å². The predicted molar refractivity (Wildman–Crippen MR) is 86.5 cm³/mol. The standard InChI is InChI=1S/C19H28O4/c1-11-14-10-18(5,19(6)9-7-8-17(14,19)4)16(23-13(3)21)15(11)22-12(2)20/h14-16H,1,7-10H2,2-6H3/t14?,15-,16-,17-,18-,19-/m0/s1. The van der Waals surface area contributed by atoms with Crippen molar-refractivity contribution in [3.8, 4) is 0 Å². The molecule has 128 valence electrons. The Bertz CT molecular complexity index is 582. The molecule has 6 atom stereocenters. The minimum atomic E-state index is -0.528. The van der Waals surface area contributed by atoms with Gasteiger partial charge in [0.15, 0.2) is 6.10 Å². The van der Waals surface area contributed by atoms with E-state index in [9.17, 15) is 9.59 Å². The number of ether oxygens (including phenoxy) is 2. The molecule has 0 radical (unpaired) electrons. The Hall–Kier alpha value is -1.32. The Kier molecular flexibility index (Phi) is 3.48. The summed E-state index contributed by atoms with van der Waals surface area (Å²) >= 11 is 0. The van der Waals surface area contributed by atoms with Crippen molar-refractivity contribution in [1.82, 2.24) is 0 Å². The maximum Gasteiger partial charge on any atom is 0.303 e. The molecule has 3 fully saturated rings. The lowest BCUT2D eigenvalue weighted by molar-refractivity contribution is -0.184. The second-order valence-corrected chi connectivity index (χ2v) is 8.41. The van der Waals surface area contributed by atoms with Crippen LogP contribution in [-0.4, -0.2) is 24.1 Å². The zero-order valence-corrected chi connectivity index (χ0v) is 14.9. The van der Waals surface area contributed by atoms with Crippen LogP contribution in [0.25, 0.3) is 0 Å². The highest BCUT2D eigenvalue weighted by molar-refractivity contribution is 5.68. The molecule has 0 aromatic rings. The van der Waals surface area contributed by atoms with Crippen LogP contribution in [0.4, 0.5) is 0 Å². The van der Waals surface area contributed by atoms with Crippen LogP contribution in [0.2, 0.25) is 0 Å². The summed E-state index contributed by atoms with van der Waals surface area (Å²) in [6.07, 6.45) is 3.44. The monoisotopic (exact) mass is 320 g/mol. The van der Waals surface area contributed by atoms with Crippen molar-refractivity contribution in [3.63, 3.8) is 0 Å². The number of hydrogen-bond donors (Lipinski definition) is 0. The number of fused-ring (bicyclic) bond motifs is 5. The largest absolute Gasteiger partial charge is 0.458 e.